The molecule has 0 atom stereocenters. The van der Waals surface area contributed by atoms with E-state index in [0.29, 0.717) is 4.88 Å². The summed E-state index contributed by atoms with van der Waals surface area (Å²) in [5.41, 5.74) is 7.20. The number of rotatable bonds is 2. The lowest BCUT2D eigenvalue weighted by molar-refractivity contribution is 0.100. The third-order valence-electron chi connectivity index (χ3n) is 2.79. The molecule has 3 aromatic rings. The van der Waals surface area contributed by atoms with Gasteiger partial charge in [-0.25, -0.2) is 4.68 Å². The number of carbonyl (C=O) groups excluding carboxylic acids is 1. The molecule has 2 aromatic heterocycles. The summed E-state index contributed by atoms with van der Waals surface area (Å²) in [5, 5.41) is 5.48. The molecular weight excluding hydrogens is 246 g/mol. The highest BCUT2D eigenvalue weighted by molar-refractivity contribution is 7.20. The number of hydrogen-bond acceptors (Lipinski definition) is 3. The van der Waals surface area contributed by atoms with Crippen LogP contribution in [0.2, 0.25) is 0 Å². The van der Waals surface area contributed by atoms with Crippen LogP contribution < -0.4 is 5.73 Å². The van der Waals surface area contributed by atoms with Crippen LogP contribution in [0.1, 0.15) is 15.4 Å². The van der Waals surface area contributed by atoms with Crippen molar-refractivity contribution in [1.29, 1.82) is 0 Å². The Morgan fingerprint density at radius 1 is 1.33 bits per heavy atom. The lowest BCUT2D eigenvalue weighted by Gasteiger charge is -2.00. The molecule has 0 spiro atoms. The van der Waals surface area contributed by atoms with E-state index in [-0.39, 0.29) is 0 Å². The van der Waals surface area contributed by atoms with Gasteiger partial charge in [-0.3, -0.25) is 4.79 Å². The number of primary amides is 1. The van der Waals surface area contributed by atoms with Gasteiger partial charge in [0.15, 0.2) is 0 Å². The van der Waals surface area contributed by atoms with Gasteiger partial charge in [0, 0.05) is 5.39 Å². The van der Waals surface area contributed by atoms with Crippen LogP contribution in [0.5, 0.6) is 0 Å². The first kappa shape index (κ1) is 11.0. The van der Waals surface area contributed by atoms with E-state index in [2.05, 4.69) is 5.10 Å². The monoisotopic (exact) mass is 257 g/mol. The van der Waals surface area contributed by atoms with Crippen LogP contribution >= 0.6 is 11.3 Å². The third-order valence-corrected chi connectivity index (χ3v) is 3.91. The molecule has 0 bridgehead atoms. The molecule has 1 amide bonds. The first-order valence-electron chi connectivity index (χ1n) is 5.51. The first-order chi connectivity index (χ1) is 8.66. The highest BCUT2D eigenvalue weighted by Gasteiger charge is 2.15. The summed E-state index contributed by atoms with van der Waals surface area (Å²) in [5.74, 6) is -0.393. The van der Waals surface area contributed by atoms with Crippen LogP contribution in [-0.2, 0) is 0 Å². The zero-order chi connectivity index (χ0) is 12.7. The highest BCUT2D eigenvalue weighted by atomic mass is 32.1. The van der Waals surface area contributed by atoms with Crippen LogP contribution in [0.25, 0.3) is 15.9 Å². The zero-order valence-electron chi connectivity index (χ0n) is 9.75. The number of thiophene rings is 1. The van der Waals surface area contributed by atoms with Crippen LogP contribution in [0.4, 0.5) is 0 Å². The van der Waals surface area contributed by atoms with Gasteiger partial charge in [-0.15, -0.1) is 11.3 Å². The number of carbonyl (C=O) groups is 1. The SMILES string of the molecule is Cc1nn(-c2ccccc2)c2sc(C(N)=O)cc12. The number of benzene rings is 1. The number of para-hydroxylation sites is 1. The maximum Gasteiger partial charge on any atom is 0.258 e. The highest BCUT2D eigenvalue weighted by Crippen LogP contribution is 2.29. The molecule has 1 aromatic carbocycles. The van der Waals surface area contributed by atoms with Gasteiger partial charge in [0.25, 0.3) is 5.91 Å². The average molecular weight is 257 g/mol. The Morgan fingerprint density at radius 2 is 2.06 bits per heavy atom. The summed E-state index contributed by atoms with van der Waals surface area (Å²) in [7, 11) is 0. The maximum atomic E-state index is 11.2. The van der Waals surface area contributed by atoms with Crippen molar-refractivity contribution in [2.24, 2.45) is 5.73 Å². The second-order valence-electron chi connectivity index (χ2n) is 4.03. The number of aromatic nitrogens is 2. The molecule has 0 aliphatic rings. The second kappa shape index (κ2) is 3.96. The Kier molecular flexibility index (Phi) is 2.41. The van der Waals surface area contributed by atoms with Crippen molar-refractivity contribution in [2.75, 3.05) is 0 Å². The molecule has 2 N–H and O–H groups in total. The van der Waals surface area contributed by atoms with Gasteiger partial charge in [0.05, 0.1) is 16.3 Å². The van der Waals surface area contributed by atoms with Crippen LogP contribution in [0, 0.1) is 6.92 Å². The van der Waals surface area contributed by atoms with E-state index in [1.165, 1.54) is 11.3 Å². The molecule has 18 heavy (non-hydrogen) atoms. The minimum absolute atomic E-state index is 0.393. The van der Waals surface area contributed by atoms with E-state index in [9.17, 15) is 4.79 Å². The minimum Gasteiger partial charge on any atom is -0.365 e. The molecule has 2 heterocycles. The van der Waals surface area contributed by atoms with Crippen molar-refractivity contribution in [1.82, 2.24) is 9.78 Å². The van der Waals surface area contributed by atoms with Crippen LogP contribution in [-0.4, -0.2) is 15.7 Å². The molecule has 0 radical (unpaired) electrons. The third kappa shape index (κ3) is 1.60. The predicted molar refractivity (Wildman–Crippen MR) is 72.2 cm³/mol. The van der Waals surface area contributed by atoms with E-state index in [4.69, 9.17) is 5.73 Å². The van der Waals surface area contributed by atoms with E-state index in [1.807, 2.05) is 48.0 Å². The summed E-state index contributed by atoms with van der Waals surface area (Å²) in [6, 6.07) is 11.6. The Morgan fingerprint density at radius 3 is 2.72 bits per heavy atom. The number of fused-ring (bicyclic) bond motifs is 1. The molecule has 5 heteroatoms. The molecule has 0 aliphatic carbocycles. The van der Waals surface area contributed by atoms with E-state index >= 15 is 0 Å². The predicted octanol–water partition coefficient (Wildman–Crippen LogP) is 2.49. The quantitative estimate of drug-likeness (QED) is 0.766. The smallest absolute Gasteiger partial charge is 0.258 e. The normalized spacial score (nSPS) is 10.9. The van der Waals surface area contributed by atoms with Gasteiger partial charge in [0.2, 0.25) is 0 Å². The largest absolute Gasteiger partial charge is 0.365 e. The number of aryl methyl sites for hydroxylation is 1. The van der Waals surface area contributed by atoms with Crippen molar-refractivity contribution < 1.29 is 4.79 Å². The average Bonchev–Trinajstić information content (AvgIpc) is 2.92. The summed E-state index contributed by atoms with van der Waals surface area (Å²) in [6.45, 7) is 1.93. The fourth-order valence-corrected chi connectivity index (χ4v) is 2.95. The fraction of sp³-hybridized carbons (Fsp3) is 0.0769. The second-order valence-corrected chi connectivity index (χ2v) is 5.06. The van der Waals surface area contributed by atoms with Crippen molar-refractivity contribution in [3.63, 3.8) is 0 Å². The number of nitrogens with zero attached hydrogens (tertiary/aromatic N) is 2. The molecule has 3 rings (SSSR count). The molecule has 90 valence electrons. The fourth-order valence-electron chi connectivity index (χ4n) is 1.91. The summed E-state index contributed by atoms with van der Waals surface area (Å²) < 4.78 is 1.85. The first-order valence-corrected chi connectivity index (χ1v) is 6.33. The summed E-state index contributed by atoms with van der Waals surface area (Å²) >= 11 is 1.37. The van der Waals surface area contributed by atoms with E-state index in [0.717, 1.165) is 21.6 Å². The van der Waals surface area contributed by atoms with Gasteiger partial charge < -0.3 is 5.73 Å². The Balaban J connectivity index is 2.27. The zero-order valence-corrected chi connectivity index (χ0v) is 10.6. The van der Waals surface area contributed by atoms with Crippen molar-refractivity contribution in [2.45, 2.75) is 6.92 Å². The number of amides is 1. The number of nitrogens with two attached hydrogens (primary N) is 1. The Labute approximate surface area is 108 Å². The summed E-state index contributed by atoms with van der Waals surface area (Å²) in [6.07, 6.45) is 0. The Hall–Kier alpha value is -2.14. The lowest BCUT2D eigenvalue weighted by atomic mass is 10.3. The van der Waals surface area contributed by atoms with E-state index < -0.39 is 5.91 Å². The van der Waals surface area contributed by atoms with Crippen molar-refractivity contribution in [3.05, 3.63) is 47.0 Å². The molecule has 0 aliphatic heterocycles. The number of hydrogen-bond donors (Lipinski definition) is 1. The minimum atomic E-state index is -0.393. The Bertz CT molecular complexity index is 727. The van der Waals surface area contributed by atoms with Gasteiger partial charge in [0.1, 0.15) is 4.83 Å². The van der Waals surface area contributed by atoms with Gasteiger partial charge in [-0.05, 0) is 25.1 Å². The van der Waals surface area contributed by atoms with Crippen LogP contribution in [0.15, 0.2) is 36.4 Å². The van der Waals surface area contributed by atoms with E-state index in [1.54, 1.807) is 0 Å². The van der Waals surface area contributed by atoms with Crippen molar-refractivity contribution in [3.8, 4) is 5.69 Å². The van der Waals surface area contributed by atoms with Gasteiger partial charge in [-0.2, -0.15) is 5.10 Å². The lowest BCUT2D eigenvalue weighted by Crippen LogP contribution is -2.08. The van der Waals surface area contributed by atoms with Crippen LogP contribution in [0.3, 0.4) is 0 Å². The molecular formula is C13H11N3OS. The molecule has 0 saturated carbocycles. The maximum absolute atomic E-state index is 11.2. The van der Waals surface area contributed by atoms with Crippen molar-refractivity contribution >= 4 is 27.5 Å². The standard InChI is InChI=1S/C13H11N3OS/c1-8-10-7-11(12(14)17)18-13(10)16(15-8)9-5-3-2-4-6-9/h2-7H,1H3,(H2,14,17). The molecule has 0 fully saturated rings. The van der Waals surface area contributed by atoms with Gasteiger partial charge in [-0.1, -0.05) is 18.2 Å². The molecule has 4 nitrogen and oxygen atoms in total. The summed E-state index contributed by atoms with van der Waals surface area (Å²) in [4.78, 5) is 12.7. The molecule has 0 unspecified atom stereocenters. The topological polar surface area (TPSA) is 60.9 Å². The molecule has 0 saturated heterocycles. The van der Waals surface area contributed by atoms with Gasteiger partial charge >= 0.3 is 0 Å².